The smallest absolute Gasteiger partial charge is 0.194 e. The fourth-order valence-corrected chi connectivity index (χ4v) is 2.19. The lowest BCUT2D eigenvalue weighted by molar-refractivity contribution is 0.128. The second kappa shape index (κ2) is 6.44. The first-order chi connectivity index (χ1) is 9.17. The number of aryl methyl sites for hydroxylation is 1. The van der Waals surface area contributed by atoms with Crippen molar-refractivity contribution in [3.8, 4) is 0 Å². The Morgan fingerprint density at radius 1 is 1.32 bits per heavy atom. The number of hydrogen-bond donors (Lipinski definition) is 1. The number of aromatic nitrogens is 4. The number of anilines is 1. The molecule has 0 saturated carbocycles. The van der Waals surface area contributed by atoms with E-state index in [4.69, 9.17) is 10.5 Å². The van der Waals surface area contributed by atoms with Gasteiger partial charge < -0.3 is 10.5 Å². The van der Waals surface area contributed by atoms with Gasteiger partial charge in [0.05, 0.1) is 0 Å². The van der Waals surface area contributed by atoms with Gasteiger partial charge in [0.1, 0.15) is 17.5 Å². The predicted octanol–water partition coefficient (Wildman–Crippen LogP) is 1.84. The summed E-state index contributed by atoms with van der Waals surface area (Å²) in [6, 6.07) is 3.55. The molecule has 0 radical (unpaired) electrons. The zero-order valence-electron chi connectivity index (χ0n) is 10.8. The van der Waals surface area contributed by atoms with Crippen LogP contribution in [0.4, 0.5) is 5.82 Å². The van der Waals surface area contributed by atoms with Crippen molar-refractivity contribution in [1.82, 2.24) is 19.9 Å². The standard InChI is InChI=1S/C12H15N5OS/c1-3-18-7-10-16-9(13)6-11(17-10)19-12-14-5-4-8(2)15-12/h4-6H,3,7H2,1-2H3,(H2,13,16,17). The van der Waals surface area contributed by atoms with E-state index in [2.05, 4.69) is 19.9 Å². The molecule has 19 heavy (non-hydrogen) atoms. The highest BCUT2D eigenvalue weighted by Crippen LogP contribution is 2.23. The molecule has 0 bridgehead atoms. The molecule has 2 heterocycles. The molecule has 0 atom stereocenters. The van der Waals surface area contributed by atoms with Crippen LogP contribution in [0, 0.1) is 6.92 Å². The van der Waals surface area contributed by atoms with E-state index in [1.807, 2.05) is 19.9 Å². The molecular weight excluding hydrogens is 262 g/mol. The second-order valence-electron chi connectivity index (χ2n) is 3.77. The zero-order chi connectivity index (χ0) is 13.7. The average molecular weight is 277 g/mol. The van der Waals surface area contributed by atoms with Gasteiger partial charge in [0.15, 0.2) is 11.0 Å². The van der Waals surface area contributed by atoms with Crippen LogP contribution in [-0.2, 0) is 11.3 Å². The number of ether oxygens (including phenoxy) is 1. The zero-order valence-corrected chi connectivity index (χ0v) is 11.6. The molecule has 0 aliphatic heterocycles. The molecule has 7 heteroatoms. The number of nitrogen functional groups attached to an aromatic ring is 1. The third kappa shape index (κ3) is 4.15. The predicted molar refractivity (Wildman–Crippen MR) is 72.7 cm³/mol. The van der Waals surface area contributed by atoms with Gasteiger partial charge in [0.25, 0.3) is 0 Å². The summed E-state index contributed by atoms with van der Waals surface area (Å²) in [7, 11) is 0. The highest BCUT2D eigenvalue weighted by molar-refractivity contribution is 7.99. The molecule has 0 saturated heterocycles. The quantitative estimate of drug-likeness (QED) is 0.659. The van der Waals surface area contributed by atoms with E-state index >= 15 is 0 Å². The SMILES string of the molecule is CCOCc1nc(N)cc(Sc2nccc(C)n2)n1. The first-order valence-corrected chi connectivity index (χ1v) is 6.67. The van der Waals surface area contributed by atoms with E-state index in [9.17, 15) is 0 Å². The van der Waals surface area contributed by atoms with Crippen molar-refractivity contribution in [2.75, 3.05) is 12.3 Å². The third-order valence-corrected chi connectivity index (χ3v) is 2.97. The van der Waals surface area contributed by atoms with Crippen LogP contribution in [-0.4, -0.2) is 26.5 Å². The molecule has 0 spiro atoms. The van der Waals surface area contributed by atoms with Crippen LogP contribution < -0.4 is 5.73 Å². The van der Waals surface area contributed by atoms with E-state index < -0.39 is 0 Å². The molecule has 2 rings (SSSR count). The van der Waals surface area contributed by atoms with Gasteiger partial charge in [-0.1, -0.05) is 0 Å². The van der Waals surface area contributed by atoms with Crippen LogP contribution in [0.25, 0.3) is 0 Å². The Morgan fingerprint density at radius 2 is 2.16 bits per heavy atom. The van der Waals surface area contributed by atoms with Gasteiger partial charge in [-0.05, 0) is 31.7 Å². The summed E-state index contributed by atoms with van der Waals surface area (Å²) >= 11 is 1.35. The minimum Gasteiger partial charge on any atom is -0.384 e. The van der Waals surface area contributed by atoms with Gasteiger partial charge in [0.2, 0.25) is 0 Å². The van der Waals surface area contributed by atoms with Gasteiger partial charge in [-0.25, -0.2) is 19.9 Å². The van der Waals surface area contributed by atoms with Crippen molar-refractivity contribution in [2.24, 2.45) is 0 Å². The van der Waals surface area contributed by atoms with E-state index in [-0.39, 0.29) is 0 Å². The normalized spacial score (nSPS) is 10.6. The fourth-order valence-electron chi connectivity index (χ4n) is 1.37. The van der Waals surface area contributed by atoms with Crippen molar-refractivity contribution < 1.29 is 4.74 Å². The van der Waals surface area contributed by atoms with E-state index in [1.165, 1.54) is 11.8 Å². The van der Waals surface area contributed by atoms with Crippen molar-refractivity contribution >= 4 is 17.6 Å². The Labute approximate surface area is 115 Å². The lowest BCUT2D eigenvalue weighted by atomic mass is 10.5. The molecule has 2 N–H and O–H groups in total. The van der Waals surface area contributed by atoms with Gasteiger partial charge in [-0.15, -0.1) is 0 Å². The molecule has 0 aromatic carbocycles. The first kappa shape index (κ1) is 13.7. The van der Waals surface area contributed by atoms with Crippen LogP contribution in [0.5, 0.6) is 0 Å². The Bertz CT molecular complexity index is 564. The molecular formula is C12H15N5OS. The van der Waals surface area contributed by atoms with Gasteiger partial charge in [0, 0.05) is 24.6 Å². The van der Waals surface area contributed by atoms with Crippen molar-refractivity contribution in [1.29, 1.82) is 0 Å². The summed E-state index contributed by atoms with van der Waals surface area (Å²) in [6.45, 7) is 4.80. The van der Waals surface area contributed by atoms with Crippen molar-refractivity contribution in [3.05, 3.63) is 29.8 Å². The minimum absolute atomic E-state index is 0.351. The lowest BCUT2D eigenvalue weighted by Crippen LogP contribution is -2.03. The number of nitrogens with two attached hydrogens (primary N) is 1. The highest BCUT2D eigenvalue weighted by atomic mass is 32.2. The topological polar surface area (TPSA) is 86.8 Å². The van der Waals surface area contributed by atoms with E-state index in [0.717, 1.165) is 5.69 Å². The Morgan fingerprint density at radius 3 is 2.89 bits per heavy atom. The summed E-state index contributed by atoms with van der Waals surface area (Å²) in [4.78, 5) is 17.0. The molecule has 100 valence electrons. The average Bonchev–Trinajstić information content (AvgIpc) is 2.35. The van der Waals surface area contributed by atoms with Crippen LogP contribution in [0.3, 0.4) is 0 Å². The Hall–Kier alpha value is -1.73. The van der Waals surface area contributed by atoms with Crippen LogP contribution in [0.1, 0.15) is 18.4 Å². The number of hydrogen-bond acceptors (Lipinski definition) is 7. The summed E-state index contributed by atoms with van der Waals surface area (Å²) in [5, 5.41) is 1.35. The number of rotatable bonds is 5. The molecule has 2 aromatic rings. The fraction of sp³-hybridized carbons (Fsp3) is 0.333. The summed E-state index contributed by atoms with van der Waals surface area (Å²) in [5.74, 6) is 0.983. The third-order valence-electron chi connectivity index (χ3n) is 2.17. The molecule has 0 aliphatic carbocycles. The molecule has 0 amide bonds. The first-order valence-electron chi connectivity index (χ1n) is 5.86. The van der Waals surface area contributed by atoms with E-state index in [1.54, 1.807) is 12.3 Å². The maximum Gasteiger partial charge on any atom is 0.194 e. The summed E-state index contributed by atoms with van der Waals surface area (Å²) < 4.78 is 5.28. The number of nitrogens with zero attached hydrogens (tertiary/aromatic N) is 4. The molecule has 0 unspecified atom stereocenters. The molecule has 2 aromatic heterocycles. The van der Waals surface area contributed by atoms with Crippen molar-refractivity contribution in [2.45, 2.75) is 30.6 Å². The van der Waals surface area contributed by atoms with Crippen molar-refractivity contribution in [3.63, 3.8) is 0 Å². The summed E-state index contributed by atoms with van der Waals surface area (Å²) in [5.41, 5.74) is 6.67. The van der Waals surface area contributed by atoms with Crippen LogP contribution >= 0.6 is 11.8 Å². The van der Waals surface area contributed by atoms with Crippen LogP contribution in [0.15, 0.2) is 28.5 Å². The molecule has 6 nitrogen and oxygen atoms in total. The van der Waals surface area contributed by atoms with Gasteiger partial charge in [-0.3, -0.25) is 0 Å². The van der Waals surface area contributed by atoms with Gasteiger partial charge >= 0.3 is 0 Å². The molecule has 0 aliphatic rings. The summed E-state index contributed by atoms with van der Waals surface area (Å²) in [6.07, 6.45) is 1.72. The lowest BCUT2D eigenvalue weighted by Gasteiger charge is -2.05. The monoisotopic (exact) mass is 277 g/mol. The van der Waals surface area contributed by atoms with Crippen LogP contribution in [0.2, 0.25) is 0 Å². The largest absolute Gasteiger partial charge is 0.384 e. The Kier molecular flexibility index (Phi) is 4.64. The maximum atomic E-state index is 5.75. The van der Waals surface area contributed by atoms with E-state index in [0.29, 0.717) is 35.0 Å². The molecule has 0 fully saturated rings. The second-order valence-corrected chi connectivity index (χ2v) is 4.75. The Balaban J connectivity index is 2.17. The minimum atomic E-state index is 0.351. The highest BCUT2D eigenvalue weighted by Gasteiger charge is 2.06. The van der Waals surface area contributed by atoms with Gasteiger partial charge in [-0.2, -0.15) is 0 Å². The maximum absolute atomic E-state index is 5.75.